The van der Waals surface area contributed by atoms with Gasteiger partial charge in [-0.1, -0.05) is 0 Å². The molecule has 1 aromatic heterocycles. The molecule has 0 aromatic carbocycles. The molecule has 1 heterocycles. The van der Waals surface area contributed by atoms with Crippen LogP contribution in [0.1, 0.15) is 13.3 Å². The highest BCUT2D eigenvalue weighted by Gasteiger charge is 2.18. The number of aliphatic carboxylic acids is 1. The van der Waals surface area contributed by atoms with Crippen molar-refractivity contribution in [2.75, 3.05) is 20.6 Å². The van der Waals surface area contributed by atoms with Gasteiger partial charge in [0.2, 0.25) is 10.0 Å². The Morgan fingerprint density at radius 1 is 1.55 bits per heavy atom. The number of aromatic nitrogens is 2. The minimum atomic E-state index is -3.61. The van der Waals surface area contributed by atoms with Crippen LogP contribution in [-0.2, 0) is 21.4 Å². The number of carboxylic acid groups (broad SMARTS) is 1. The van der Waals surface area contributed by atoms with Crippen LogP contribution in [-0.4, -0.2) is 60.9 Å². The molecule has 9 heteroatoms. The van der Waals surface area contributed by atoms with E-state index in [1.165, 1.54) is 17.1 Å². The van der Waals surface area contributed by atoms with Crippen LogP contribution in [0.25, 0.3) is 0 Å². The van der Waals surface area contributed by atoms with Gasteiger partial charge < -0.3 is 10.0 Å². The van der Waals surface area contributed by atoms with Gasteiger partial charge in [0.1, 0.15) is 4.90 Å². The maximum atomic E-state index is 12.0. The number of carbonyl (C=O) groups is 1. The third kappa shape index (κ3) is 4.91. The lowest BCUT2D eigenvalue weighted by Crippen LogP contribution is -2.38. The van der Waals surface area contributed by atoms with Crippen molar-refractivity contribution < 1.29 is 18.3 Å². The number of hydrogen-bond donors (Lipinski definition) is 2. The largest absolute Gasteiger partial charge is 0.481 e. The molecule has 114 valence electrons. The number of rotatable bonds is 8. The maximum Gasteiger partial charge on any atom is 0.305 e. The van der Waals surface area contributed by atoms with Crippen LogP contribution in [0.4, 0.5) is 0 Å². The van der Waals surface area contributed by atoms with Crippen molar-refractivity contribution in [2.24, 2.45) is 0 Å². The van der Waals surface area contributed by atoms with E-state index in [0.29, 0.717) is 0 Å². The Kier molecular flexibility index (Phi) is 5.66. The number of nitrogens with zero attached hydrogens (tertiary/aromatic N) is 3. The number of sulfonamides is 1. The molecule has 1 atom stereocenters. The molecule has 0 spiro atoms. The quantitative estimate of drug-likeness (QED) is 0.676. The van der Waals surface area contributed by atoms with E-state index < -0.39 is 16.0 Å². The van der Waals surface area contributed by atoms with E-state index in [1.54, 1.807) is 0 Å². The average molecular weight is 304 g/mol. The third-order valence-corrected chi connectivity index (χ3v) is 4.30. The van der Waals surface area contributed by atoms with Gasteiger partial charge in [-0.15, -0.1) is 0 Å². The summed E-state index contributed by atoms with van der Waals surface area (Å²) in [6.45, 7) is 2.33. The first-order valence-corrected chi connectivity index (χ1v) is 7.61. The van der Waals surface area contributed by atoms with Gasteiger partial charge in [-0.3, -0.25) is 9.48 Å². The molecule has 1 rings (SSSR count). The molecular formula is C11H20N4O4S. The first kappa shape index (κ1) is 16.6. The predicted molar refractivity (Wildman–Crippen MR) is 72.8 cm³/mol. The molecule has 0 aliphatic rings. The summed E-state index contributed by atoms with van der Waals surface area (Å²) in [5, 5.41) is 12.4. The van der Waals surface area contributed by atoms with Crippen molar-refractivity contribution in [2.45, 2.75) is 30.8 Å². The number of aryl methyl sites for hydroxylation is 1. The molecule has 2 N–H and O–H groups in total. The Bertz CT molecular complexity index is 553. The molecule has 0 saturated heterocycles. The van der Waals surface area contributed by atoms with Crippen LogP contribution in [0.3, 0.4) is 0 Å². The van der Waals surface area contributed by atoms with Gasteiger partial charge in [0, 0.05) is 18.8 Å². The Labute approximate surface area is 118 Å². The summed E-state index contributed by atoms with van der Waals surface area (Å²) in [5.74, 6) is -0.956. The molecule has 0 saturated carbocycles. The smallest absolute Gasteiger partial charge is 0.305 e. The topological polar surface area (TPSA) is 105 Å². The maximum absolute atomic E-state index is 12.0. The minimum Gasteiger partial charge on any atom is -0.481 e. The standard InChI is InChI=1S/C11H20N4O4S/c1-9(14(2)3)6-13-20(18,19)10-7-12-15(8-10)5-4-11(16)17/h7-9,13H,4-6H2,1-3H3,(H,16,17). The summed E-state index contributed by atoms with van der Waals surface area (Å²) in [4.78, 5) is 12.4. The molecule has 0 amide bonds. The summed E-state index contributed by atoms with van der Waals surface area (Å²) in [7, 11) is 0.114. The van der Waals surface area contributed by atoms with Crippen LogP contribution >= 0.6 is 0 Å². The SMILES string of the molecule is CC(CNS(=O)(=O)c1cnn(CCC(=O)O)c1)N(C)C. The molecule has 0 aliphatic heterocycles. The van der Waals surface area contributed by atoms with Gasteiger partial charge in [-0.05, 0) is 21.0 Å². The van der Waals surface area contributed by atoms with Crippen molar-refractivity contribution in [1.82, 2.24) is 19.4 Å². The van der Waals surface area contributed by atoms with Crippen molar-refractivity contribution in [1.29, 1.82) is 0 Å². The van der Waals surface area contributed by atoms with Crippen molar-refractivity contribution >= 4 is 16.0 Å². The summed E-state index contributed by atoms with van der Waals surface area (Å²) >= 11 is 0. The highest BCUT2D eigenvalue weighted by atomic mass is 32.2. The zero-order valence-corrected chi connectivity index (χ0v) is 12.6. The second kappa shape index (κ2) is 6.82. The van der Waals surface area contributed by atoms with Gasteiger partial charge in [0.25, 0.3) is 0 Å². The fourth-order valence-corrected chi connectivity index (χ4v) is 2.39. The van der Waals surface area contributed by atoms with E-state index in [0.717, 1.165) is 0 Å². The van der Waals surface area contributed by atoms with Gasteiger partial charge in [0.15, 0.2) is 0 Å². The molecular weight excluding hydrogens is 284 g/mol. The lowest BCUT2D eigenvalue weighted by molar-refractivity contribution is -0.137. The fourth-order valence-electron chi connectivity index (χ4n) is 1.31. The average Bonchev–Trinajstić information content (AvgIpc) is 2.82. The molecule has 0 fully saturated rings. The van der Waals surface area contributed by atoms with Crippen molar-refractivity contribution in [3.8, 4) is 0 Å². The first-order chi connectivity index (χ1) is 9.22. The van der Waals surface area contributed by atoms with Gasteiger partial charge in [-0.25, -0.2) is 13.1 Å². The van der Waals surface area contributed by atoms with E-state index in [9.17, 15) is 13.2 Å². The summed E-state index contributed by atoms with van der Waals surface area (Å²) in [6, 6.07) is 0.0619. The Hall–Kier alpha value is -1.45. The molecule has 8 nitrogen and oxygen atoms in total. The zero-order valence-electron chi connectivity index (χ0n) is 11.8. The fraction of sp³-hybridized carbons (Fsp3) is 0.636. The van der Waals surface area contributed by atoms with Gasteiger partial charge in [0.05, 0.1) is 19.2 Å². The minimum absolute atomic E-state index is 0.0360. The first-order valence-electron chi connectivity index (χ1n) is 6.12. The molecule has 1 unspecified atom stereocenters. The highest BCUT2D eigenvalue weighted by molar-refractivity contribution is 7.89. The second-order valence-electron chi connectivity index (χ2n) is 4.75. The second-order valence-corrected chi connectivity index (χ2v) is 6.51. The Balaban J connectivity index is 2.66. The van der Waals surface area contributed by atoms with E-state index in [4.69, 9.17) is 5.11 Å². The zero-order chi connectivity index (χ0) is 15.3. The van der Waals surface area contributed by atoms with Crippen molar-refractivity contribution in [3.63, 3.8) is 0 Å². The Morgan fingerprint density at radius 3 is 2.75 bits per heavy atom. The van der Waals surface area contributed by atoms with Crippen molar-refractivity contribution in [3.05, 3.63) is 12.4 Å². The number of likely N-dealkylation sites (N-methyl/N-ethyl adjacent to an activating group) is 1. The van der Waals surface area contributed by atoms with E-state index in [2.05, 4.69) is 9.82 Å². The molecule has 20 heavy (non-hydrogen) atoms. The van der Waals surface area contributed by atoms with Gasteiger partial charge in [-0.2, -0.15) is 5.10 Å². The van der Waals surface area contributed by atoms with E-state index >= 15 is 0 Å². The number of carboxylic acids is 1. The van der Waals surface area contributed by atoms with Crippen LogP contribution in [0.15, 0.2) is 17.3 Å². The monoisotopic (exact) mass is 304 g/mol. The van der Waals surface area contributed by atoms with E-state index in [-0.39, 0.29) is 30.4 Å². The van der Waals surface area contributed by atoms with Crippen LogP contribution in [0.5, 0.6) is 0 Å². The summed E-state index contributed by atoms with van der Waals surface area (Å²) < 4.78 is 27.8. The predicted octanol–water partition coefficient (Wildman–Crippen LogP) is -0.414. The lowest BCUT2D eigenvalue weighted by atomic mass is 10.3. The molecule has 0 aliphatic carbocycles. The molecule has 0 radical (unpaired) electrons. The highest BCUT2D eigenvalue weighted by Crippen LogP contribution is 2.07. The number of nitrogens with one attached hydrogen (secondary N) is 1. The summed E-state index contributed by atoms with van der Waals surface area (Å²) in [6.07, 6.45) is 2.43. The number of hydrogen-bond acceptors (Lipinski definition) is 5. The Morgan fingerprint density at radius 2 is 2.20 bits per heavy atom. The van der Waals surface area contributed by atoms with Crippen LogP contribution in [0.2, 0.25) is 0 Å². The van der Waals surface area contributed by atoms with E-state index in [1.807, 2.05) is 25.9 Å². The lowest BCUT2D eigenvalue weighted by Gasteiger charge is -2.19. The van der Waals surface area contributed by atoms with Crippen LogP contribution in [0, 0.1) is 0 Å². The molecule has 1 aromatic rings. The normalized spacial score (nSPS) is 13.6. The third-order valence-electron chi connectivity index (χ3n) is 2.92. The summed E-state index contributed by atoms with van der Waals surface area (Å²) in [5.41, 5.74) is 0. The van der Waals surface area contributed by atoms with Gasteiger partial charge >= 0.3 is 5.97 Å². The molecule has 0 bridgehead atoms. The van der Waals surface area contributed by atoms with Crippen LogP contribution < -0.4 is 4.72 Å².